The number of hydrogen-bond donors (Lipinski definition) is 1. The second-order valence-corrected chi connectivity index (χ2v) is 13.4. The number of halogens is 1. The fourth-order valence-corrected chi connectivity index (χ4v) is 8.15. The molecular formula is C29H30ClN5O3S2. The van der Waals surface area contributed by atoms with Crippen molar-refractivity contribution in [2.24, 2.45) is 0 Å². The summed E-state index contributed by atoms with van der Waals surface area (Å²) in [6.45, 7) is 7.22. The number of aromatic nitrogens is 1. The van der Waals surface area contributed by atoms with Gasteiger partial charge in [0.1, 0.15) is 0 Å². The number of thiazole rings is 1. The molecule has 0 saturated carbocycles. The van der Waals surface area contributed by atoms with Crippen LogP contribution < -0.4 is 14.5 Å². The third-order valence-electron chi connectivity index (χ3n) is 7.59. The highest BCUT2D eigenvalue weighted by atomic mass is 35.5. The number of nitrogens with one attached hydrogen (secondary N) is 1. The Balaban J connectivity index is 0.998. The van der Waals surface area contributed by atoms with Gasteiger partial charge in [0.05, 0.1) is 25.8 Å². The summed E-state index contributed by atoms with van der Waals surface area (Å²) in [7, 11) is -3.68. The zero-order valence-corrected chi connectivity index (χ0v) is 24.5. The third-order valence-corrected chi connectivity index (χ3v) is 11.0. The fourth-order valence-electron chi connectivity index (χ4n) is 5.28. The summed E-state index contributed by atoms with van der Waals surface area (Å²) in [5.74, 6) is -0.212. The molecule has 8 nitrogen and oxygen atoms in total. The highest BCUT2D eigenvalue weighted by Gasteiger charge is 2.30. The number of fused-ring (bicyclic) bond motifs is 2. The minimum Gasteiger partial charge on any atom is -0.351 e. The second kappa shape index (κ2) is 11.0. The first-order valence-corrected chi connectivity index (χ1v) is 16.0. The zero-order chi connectivity index (χ0) is 27.9. The molecule has 1 saturated heterocycles. The van der Waals surface area contributed by atoms with Crippen LogP contribution in [0.1, 0.15) is 21.5 Å². The first-order chi connectivity index (χ1) is 19.3. The number of hydrogen-bond acceptors (Lipinski definition) is 7. The van der Waals surface area contributed by atoms with Gasteiger partial charge in [-0.3, -0.25) is 14.0 Å². The van der Waals surface area contributed by atoms with Crippen LogP contribution in [0.2, 0.25) is 5.02 Å². The van der Waals surface area contributed by atoms with Gasteiger partial charge in [0.15, 0.2) is 5.13 Å². The Kier molecular flexibility index (Phi) is 7.43. The van der Waals surface area contributed by atoms with Crippen molar-refractivity contribution < 1.29 is 13.2 Å². The van der Waals surface area contributed by atoms with Gasteiger partial charge in [-0.05, 0) is 60.9 Å². The fraction of sp³-hybridized carbons (Fsp3) is 0.310. The van der Waals surface area contributed by atoms with E-state index in [9.17, 15) is 13.2 Å². The maximum atomic E-state index is 13.2. The number of aryl methyl sites for hydroxylation is 1. The van der Waals surface area contributed by atoms with Crippen molar-refractivity contribution in [2.45, 2.75) is 18.2 Å². The van der Waals surface area contributed by atoms with Crippen molar-refractivity contribution in [3.05, 3.63) is 82.4 Å². The van der Waals surface area contributed by atoms with Crippen molar-refractivity contribution in [1.82, 2.24) is 15.2 Å². The van der Waals surface area contributed by atoms with Crippen LogP contribution in [0.3, 0.4) is 0 Å². The summed E-state index contributed by atoms with van der Waals surface area (Å²) in [6.07, 6.45) is 0.696. The molecule has 1 aromatic heterocycles. The van der Waals surface area contributed by atoms with Crippen LogP contribution in [-0.2, 0) is 16.4 Å². The summed E-state index contributed by atoms with van der Waals surface area (Å²) in [4.78, 5) is 22.4. The third kappa shape index (κ3) is 5.16. The van der Waals surface area contributed by atoms with Crippen LogP contribution >= 0.6 is 22.9 Å². The molecule has 3 aromatic carbocycles. The molecule has 3 heterocycles. The number of sulfonamides is 1. The standard InChI is InChI=1S/C29H30ClN5O3S2/c1-20-6-11-24(30)27-26(20)32-29(39-27)34-18-16-33(17-19-34)15-13-31-28(36)22-7-9-23(10-8-22)40(37,38)35-14-12-21-4-2-3-5-25(21)35/h2-11H,12-19H2,1H3,(H,31,36). The quantitative estimate of drug-likeness (QED) is 0.337. The molecule has 0 atom stereocenters. The van der Waals surface area contributed by atoms with E-state index in [2.05, 4.69) is 22.0 Å². The van der Waals surface area contributed by atoms with Gasteiger partial charge in [-0.2, -0.15) is 0 Å². The number of piperazine rings is 1. The van der Waals surface area contributed by atoms with Gasteiger partial charge in [-0.1, -0.05) is 47.2 Å². The van der Waals surface area contributed by atoms with Crippen molar-refractivity contribution in [1.29, 1.82) is 0 Å². The van der Waals surface area contributed by atoms with Crippen molar-refractivity contribution in [3.8, 4) is 0 Å². The molecule has 6 rings (SSSR count). The molecule has 0 spiro atoms. The van der Waals surface area contributed by atoms with E-state index in [0.29, 0.717) is 25.1 Å². The van der Waals surface area contributed by atoms with E-state index in [0.717, 1.165) is 69.9 Å². The number of nitrogens with zero attached hydrogens (tertiary/aromatic N) is 4. The topological polar surface area (TPSA) is 85.8 Å². The SMILES string of the molecule is Cc1ccc(Cl)c2sc(N3CCN(CCNC(=O)c4ccc(S(=O)(=O)N5CCc6ccccc65)cc4)CC3)nc12. The van der Waals surface area contributed by atoms with E-state index in [4.69, 9.17) is 16.6 Å². The van der Waals surface area contributed by atoms with E-state index < -0.39 is 10.0 Å². The Bertz CT molecular complexity index is 1630. The minimum atomic E-state index is -3.68. The molecule has 0 bridgehead atoms. The molecule has 208 valence electrons. The van der Waals surface area contributed by atoms with Crippen LogP contribution in [0.5, 0.6) is 0 Å². The average Bonchev–Trinajstić information content (AvgIpc) is 3.62. The van der Waals surface area contributed by atoms with E-state index >= 15 is 0 Å². The largest absolute Gasteiger partial charge is 0.351 e. The maximum Gasteiger partial charge on any atom is 0.264 e. The molecule has 0 aliphatic carbocycles. The van der Waals surface area contributed by atoms with E-state index in [1.54, 1.807) is 23.5 Å². The van der Waals surface area contributed by atoms with Gasteiger partial charge in [0.2, 0.25) is 0 Å². The highest BCUT2D eigenvalue weighted by molar-refractivity contribution is 7.92. The molecule has 40 heavy (non-hydrogen) atoms. The molecule has 0 unspecified atom stereocenters. The summed E-state index contributed by atoms with van der Waals surface area (Å²) < 4.78 is 28.9. The van der Waals surface area contributed by atoms with E-state index in [-0.39, 0.29) is 10.8 Å². The predicted octanol–water partition coefficient (Wildman–Crippen LogP) is 4.56. The lowest BCUT2D eigenvalue weighted by molar-refractivity contribution is 0.0947. The highest BCUT2D eigenvalue weighted by Crippen LogP contribution is 2.36. The van der Waals surface area contributed by atoms with Gasteiger partial charge in [-0.15, -0.1) is 0 Å². The Morgan fingerprint density at radius 3 is 2.50 bits per heavy atom. The van der Waals surface area contributed by atoms with Crippen LogP contribution in [-0.4, -0.2) is 70.0 Å². The van der Waals surface area contributed by atoms with Gasteiger partial charge in [0.25, 0.3) is 15.9 Å². The molecule has 4 aromatic rings. The Labute approximate surface area is 243 Å². The van der Waals surface area contributed by atoms with Crippen LogP contribution in [0, 0.1) is 6.92 Å². The Morgan fingerprint density at radius 1 is 1.00 bits per heavy atom. The van der Waals surface area contributed by atoms with Crippen LogP contribution in [0.4, 0.5) is 10.8 Å². The number of carbonyl (C=O) groups excluding carboxylic acids is 1. The van der Waals surface area contributed by atoms with Crippen molar-refractivity contribution >= 4 is 59.9 Å². The molecule has 2 aliphatic rings. The summed E-state index contributed by atoms with van der Waals surface area (Å²) >= 11 is 8.02. The average molecular weight is 596 g/mol. The molecule has 0 radical (unpaired) electrons. The molecular weight excluding hydrogens is 566 g/mol. The summed E-state index contributed by atoms with van der Waals surface area (Å²) in [5.41, 5.74) is 4.30. The minimum absolute atomic E-state index is 0.184. The molecule has 2 aliphatic heterocycles. The zero-order valence-electron chi connectivity index (χ0n) is 22.1. The summed E-state index contributed by atoms with van der Waals surface area (Å²) in [6, 6.07) is 17.7. The van der Waals surface area contributed by atoms with Crippen LogP contribution in [0.25, 0.3) is 10.2 Å². The van der Waals surface area contributed by atoms with E-state index in [1.807, 2.05) is 36.4 Å². The number of benzene rings is 3. The van der Waals surface area contributed by atoms with Gasteiger partial charge < -0.3 is 10.2 Å². The van der Waals surface area contributed by atoms with Crippen LogP contribution in [0.15, 0.2) is 65.6 Å². The number of para-hydroxylation sites is 1. The first kappa shape index (κ1) is 27.0. The number of amides is 1. The molecule has 1 N–H and O–H groups in total. The van der Waals surface area contributed by atoms with Gasteiger partial charge in [-0.25, -0.2) is 13.4 Å². The molecule has 1 fully saturated rings. The number of anilines is 2. The lowest BCUT2D eigenvalue weighted by Crippen LogP contribution is -2.48. The lowest BCUT2D eigenvalue weighted by Gasteiger charge is -2.34. The van der Waals surface area contributed by atoms with Gasteiger partial charge >= 0.3 is 0 Å². The molecule has 1 amide bonds. The van der Waals surface area contributed by atoms with Gasteiger partial charge in [0, 0.05) is 51.4 Å². The second-order valence-electron chi connectivity index (χ2n) is 10.1. The Hall–Kier alpha value is -3.18. The lowest BCUT2D eigenvalue weighted by atomic mass is 10.2. The smallest absolute Gasteiger partial charge is 0.264 e. The number of carbonyl (C=O) groups is 1. The Morgan fingerprint density at radius 2 is 1.75 bits per heavy atom. The van der Waals surface area contributed by atoms with Crippen molar-refractivity contribution in [2.75, 3.05) is 55.0 Å². The van der Waals surface area contributed by atoms with Crippen molar-refractivity contribution in [3.63, 3.8) is 0 Å². The molecule has 11 heteroatoms. The normalized spacial score (nSPS) is 15.9. The number of rotatable bonds is 7. The first-order valence-electron chi connectivity index (χ1n) is 13.3. The maximum absolute atomic E-state index is 13.2. The summed E-state index contributed by atoms with van der Waals surface area (Å²) in [5, 5.41) is 4.71. The monoisotopic (exact) mass is 595 g/mol. The predicted molar refractivity (Wildman–Crippen MR) is 161 cm³/mol. The van der Waals surface area contributed by atoms with E-state index in [1.165, 1.54) is 16.4 Å².